The van der Waals surface area contributed by atoms with Crippen molar-refractivity contribution in [3.8, 4) is 0 Å². The molecule has 2 saturated heterocycles. The summed E-state index contributed by atoms with van der Waals surface area (Å²) in [5, 5.41) is 3.14. The van der Waals surface area contributed by atoms with Gasteiger partial charge >= 0.3 is 12.3 Å². The van der Waals surface area contributed by atoms with Crippen LogP contribution in [0.3, 0.4) is 0 Å². The van der Waals surface area contributed by atoms with Gasteiger partial charge < -0.3 is 24.4 Å². The molecule has 2 aliphatic heterocycles. The van der Waals surface area contributed by atoms with Crippen LogP contribution in [0.15, 0.2) is 0 Å². The molecule has 1 amide bonds. The summed E-state index contributed by atoms with van der Waals surface area (Å²) in [6.45, 7) is 0.654. The zero-order valence-corrected chi connectivity index (χ0v) is 12.5. The van der Waals surface area contributed by atoms with Gasteiger partial charge in [-0.2, -0.15) is 8.78 Å². The van der Waals surface area contributed by atoms with E-state index in [0.29, 0.717) is 26.3 Å². The van der Waals surface area contributed by atoms with Gasteiger partial charge in [0.1, 0.15) is 18.8 Å². The standard InChI is InChI=1S/C13H20F4N2O4/c14-11(15)13(16,17)9-22-5-10(20)19-2-4-23-12(7-19)6-18-1-3-21-8-12/h11,18H,1-9H2/t12-/m0/s1. The molecule has 2 rings (SSSR count). The molecule has 1 spiro atoms. The number of carbonyl (C=O) groups excluding carboxylic acids is 1. The first-order chi connectivity index (χ1) is 10.8. The second-order valence-corrected chi connectivity index (χ2v) is 5.63. The molecule has 1 N–H and O–H groups in total. The van der Waals surface area contributed by atoms with Gasteiger partial charge in [-0.05, 0) is 0 Å². The normalized spacial score (nSPS) is 26.6. The maximum Gasteiger partial charge on any atom is 0.330 e. The van der Waals surface area contributed by atoms with Crippen molar-refractivity contribution >= 4 is 5.91 Å². The first kappa shape index (κ1) is 18.4. The van der Waals surface area contributed by atoms with E-state index in [9.17, 15) is 22.4 Å². The van der Waals surface area contributed by atoms with Crippen LogP contribution >= 0.6 is 0 Å². The largest absolute Gasteiger partial charge is 0.377 e. The van der Waals surface area contributed by atoms with Crippen molar-refractivity contribution in [3.05, 3.63) is 0 Å². The van der Waals surface area contributed by atoms with Crippen LogP contribution in [0.1, 0.15) is 0 Å². The molecule has 0 bridgehead atoms. The van der Waals surface area contributed by atoms with Gasteiger partial charge in [0, 0.05) is 19.6 Å². The number of amides is 1. The highest BCUT2D eigenvalue weighted by molar-refractivity contribution is 5.77. The van der Waals surface area contributed by atoms with Crippen LogP contribution in [-0.2, 0) is 19.0 Å². The van der Waals surface area contributed by atoms with E-state index in [2.05, 4.69) is 10.1 Å². The average molecular weight is 344 g/mol. The highest BCUT2D eigenvalue weighted by atomic mass is 19.3. The highest BCUT2D eigenvalue weighted by Gasteiger charge is 2.42. The summed E-state index contributed by atoms with van der Waals surface area (Å²) in [7, 11) is 0. The van der Waals surface area contributed by atoms with Gasteiger partial charge in [0.2, 0.25) is 5.91 Å². The Morgan fingerprint density at radius 2 is 2.17 bits per heavy atom. The van der Waals surface area contributed by atoms with E-state index < -0.39 is 37.1 Å². The number of halogens is 4. The lowest BCUT2D eigenvalue weighted by atomic mass is 10.0. The van der Waals surface area contributed by atoms with E-state index in [-0.39, 0.29) is 19.7 Å². The van der Waals surface area contributed by atoms with Gasteiger partial charge in [-0.15, -0.1) is 0 Å². The number of ether oxygens (including phenoxy) is 3. The van der Waals surface area contributed by atoms with E-state index in [1.807, 2.05) is 0 Å². The van der Waals surface area contributed by atoms with Crippen LogP contribution in [-0.4, -0.2) is 88.0 Å². The Labute approximate surface area is 131 Å². The molecule has 0 aromatic rings. The molecule has 0 aliphatic carbocycles. The third kappa shape index (κ3) is 5.00. The smallest absolute Gasteiger partial charge is 0.330 e. The summed E-state index contributed by atoms with van der Waals surface area (Å²) in [6.07, 6.45) is -3.82. The fourth-order valence-electron chi connectivity index (χ4n) is 2.45. The average Bonchev–Trinajstić information content (AvgIpc) is 2.72. The predicted octanol–water partition coefficient (Wildman–Crippen LogP) is 0.121. The third-order valence-electron chi connectivity index (χ3n) is 3.68. The van der Waals surface area contributed by atoms with Crippen molar-refractivity contribution < 1.29 is 36.6 Å². The van der Waals surface area contributed by atoms with Crippen molar-refractivity contribution in [1.82, 2.24) is 10.2 Å². The summed E-state index contributed by atoms with van der Waals surface area (Å²) in [4.78, 5) is 13.4. The number of alkyl halides is 4. The molecular weight excluding hydrogens is 324 g/mol. The minimum Gasteiger partial charge on any atom is -0.377 e. The Kier molecular flexibility index (Phi) is 6.18. The number of nitrogens with one attached hydrogen (secondary N) is 1. The van der Waals surface area contributed by atoms with E-state index in [4.69, 9.17) is 9.47 Å². The first-order valence-electron chi connectivity index (χ1n) is 7.29. The Balaban J connectivity index is 1.82. The minimum absolute atomic E-state index is 0.230. The van der Waals surface area contributed by atoms with Crippen molar-refractivity contribution in [2.45, 2.75) is 17.9 Å². The van der Waals surface area contributed by atoms with E-state index in [1.165, 1.54) is 4.90 Å². The van der Waals surface area contributed by atoms with Crippen LogP contribution in [0.2, 0.25) is 0 Å². The van der Waals surface area contributed by atoms with Crippen molar-refractivity contribution in [1.29, 1.82) is 0 Å². The Morgan fingerprint density at radius 3 is 2.91 bits per heavy atom. The highest BCUT2D eigenvalue weighted by Crippen LogP contribution is 2.23. The molecule has 134 valence electrons. The van der Waals surface area contributed by atoms with Gasteiger partial charge in [-0.3, -0.25) is 4.79 Å². The van der Waals surface area contributed by atoms with E-state index >= 15 is 0 Å². The molecule has 23 heavy (non-hydrogen) atoms. The quantitative estimate of drug-likeness (QED) is 0.718. The summed E-state index contributed by atoms with van der Waals surface area (Å²) in [6, 6.07) is 0. The maximum absolute atomic E-state index is 12.7. The predicted molar refractivity (Wildman–Crippen MR) is 70.7 cm³/mol. The fraction of sp³-hybridized carbons (Fsp3) is 0.923. The zero-order chi connectivity index (χ0) is 16.9. The third-order valence-corrected chi connectivity index (χ3v) is 3.68. The maximum atomic E-state index is 12.7. The lowest BCUT2D eigenvalue weighted by molar-refractivity contribution is -0.177. The van der Waals surface area contributed by atoms with Gasteiger partial charge in [-0.1, -0.05) is 0 Å². The summed E-state index contributed by atoms with van der Waals surface area (Å²) in [5.74, 6) is -4.80. The molecule has 10 heteroatoms. The Morgan fingerprint density at radius 1 is 1.39 bits per heavy atom. The SMILES string of the molecule is O=C(COCC(F)(F)C(F)F)N1CCO[C@@]2(CNCCOC2)C1. The molecule has 6 nitrogen and oxygen atoms in total. The van der Waals surface area contributed by atoms with Crippen molar-refractivity contribution in [3.63, 3.8) is 0 Å². The van der Waals surface area contributed by atoms with Gasteiger partial charge in [0.25, 0.3) is 0 Å². The van der Waals surface area contributed by atoms with Crippen molar-refractivity contribution in [2.75, 3.05) is 59.2 Å². The fourth-order valence-corrected chi connectivity index (χ4v) is 2.45. The molecule has 0 saturated carbocycles. The molecule has 0 radical (unpaired) electrons. The number of morpholine rings is 1. The van der Waals surface area contributed by atoms with Crippen LogP contribution in [0, 0.1) is 0 Å². The number of hydrogen-bond donors (Lipinski definition) is 1. The number of nitrogens with zero attached hydrogens (tertiary/aromatic N) is 1. The molecule has 0 aromatic heterocycles. The second kappa shape index (κ2) is 7.73. The van der Waals surface area contributed by atoms with Crippen LogP contribution in [0.25, 0.3) is 0 Å². The number of carbonyl (C=O) groups is 1. The minimum atomic E-state index is -4.26. The van der Waals surface area contributed by atoms with E-state index in [0.717, 1.165) is 0 Å². The molecule has 0 unspecified atom stereocenters. The molecule has 2 aliphatic rings. The van der Waals surface area contributed by atoms with Crippen molar-refractivity contribution in [2.24, 2.45) is 0 Å². The number of rotatable bonds is 5. The van der Waals surface area contributed by atoms with Gasteiger partial charge in [0.05, 0.1) is 26.4 Å². The van der Waals surface area contributed by atoms with Gasteiger partial charge in [-0.25, -0.2) is 8.78 Å². The van der Waals surface area contributed by atoms with Gasteiger partial charge in [0.15, 0.2) is 0 Å². The molecule has 2 heterocycles. The number of hydrogen-bond acceptors (Lipinski definition) is 5. The molecule has 0 aromatic carbocycles. The Hall–Kier alpha value is -0.970. The lowest BCUT2D eigenvalue weighted by Crippen LogP contribution is -2.59. The summed E-state index contributed by atoms with van der Waals surface area (Å²) in [5.41, 5.74) is -0.683. The van der Waals surface area contributed by atoms with Crippen LogP contribution in [0.4, 0.5) is 17.6 Å². The molecule has 2 fully saturated rings. The summed E-state index contributed by atoms with van der Waals surface area (Å²) >= 11 is 0. The van der Waals surface area contributed by atoms with Crippen LogP contribution in [0.5, 0.6) is 0 Å². The van der Waals surface area contributed by atoms with Crippen LogP contribution < -0.4 is 5.32 Å². The Bertz CT molecular complexity index is 403. The lowest BCUT2D eigenvalue weighted by Gasteiger charge is -2.41. The topological polar surface area (TPSA) is 60.0 Å². The first-order valence-corrected chi connectivity index (χ1v) is 7.29. The van der Waals surface area contributed by atoms with E-state index in [1.54, 1.807) is 0 Å². The monoisotopic (exact) mass is 344 g/mol. The second-order valence-electron chi connectivity index (χ2n) is 5.63. The zero-order valence-electron chi connectivity index (χ0n) is 12.5. The summed E-state index contributed by atoms with van der Waals surface area (Å²) < 4.78 is 65.1. The molecule has 1 atom stereocenters. The molecular formula is C13H20F4N2O4.